The summed E-state index contributed by atoms with van der Waals surface area (Å²) in [6.07, 6.45) is 4.04. The van der Waals surface area contributed by atoms with Crippen LogP contribution in [0.25, 0.3) is 0 Å². The van der Waals surface area contributed by atoms with Crippen LogP contribution in [0, 0.1) is 17.8 Å². The number of amides is 1. The Morgan fingerprint density at radius 1 is 1.35 bits per heavy atom. The number of aliphatic carboxylic acids is 1. The van der Waals surface area contributed by atoms with E-state index in [4.69, 9.17) is 0 Å². The summed E-state index contributed by atoms with van der Waals surface area (Å²) in [6.45, 7) is 0. The Balaban J connectivity index is 1.61. The summed E-state index contributed by atoms with van der Waals surface area (Å²) in [6, 6.07) is 0. The Kier molecular flexibility index (Phi) is 2.61. The molecule has 1 saturated heterocycles. The average Bonchev–Trinajstić information content (AvgIpc) is 3.16. The molecule has 1 aliphatic heterocycles. The fourth-order valence-electron chi connectivity index (χ4n) is 2.78. The van der Waals surface area contributed by atoms with Gasteiger partial charge in [0.2, 0.25) is 5.91 Å². The van der Waals surface area contributed by atoms with Crippen molar-refractivity contribution in [2.24, 2.45) is 17.8 Å². The van der Waals surface area contributed by atoms with Crippen molar-refractivity contribution in [1.82, 2.24) is 5.32 Å². The summed E-state index contributed by atoms with van der Waals surface area (Å²) in [5, 5.41) is 12.1. The number of nitrogens with one attached hydrogen (secondary N) is 1. The molecule has 0 spiro atoms. The third-order valence-electron chi connectivity index (χ3n) is 4.20. The highest BCUT2D eigenvalue weighted by atomic mass is 32.2. The van der Waals surface area contributed by atoms with Gasteiger partial charge in [-0.05, 0) is 43.3 Å². The lowest BCUT2D eigenvalue weighted by Crippen LogP contribution is -2.55. The van der Waals surface area contributed by atoms with Gasteiger partial charge in [0.05, 0.1) is 0 Å². The van der Waals surface area contributed by atoms with Crippen molar-refractivity contribution in [3.05, 3.63) is 0 Å². The van der Waals surface area contributed by atoms with Crippen LogP contribution in [0.3, 0.4) is 0 Å². The number of hydrogen-bond acceptors (Lipinski definition) is 3. The van der Waals surface area contributed by atoms with Crippen molar-refractivity contribution in [2.75, 3.05) is 11.5 Å². The summed E-state index contributed by atoms with van der Waals surface area (Å²) in [4.78, 5) is 23.3. The van der Waals surface area contributed by atoms with Crippen LogP contribution in [0.5, 0.6) is 0 Å². The van der Waals surface area contributed by atoms with Gasteiger partial charge in [0.1, 0.15) is 5.54 Å². The Labute approximate surface area is 105 Å². The summed E-state index contributed by atoms with van der Waals surface area (Å²) in [5.74, 6) is 1.84. The molecule has 0 bridgehead atoms. The molecule has 3 rings (SSSR count). The third-order valence-corrected chi connectivity index (χ3v) is 5.39. The quantitative estimate of drug-likeness (QED) is 0.789. The largest absolute Gasteiger partial charge is 0.479 e. The lowest BCUT2D eigenvalue weighted by Gasteiger charge is -2.24. The van der Waals surface area contributed by atoms with Crippen LogP contribution < -0.4 is 5.32 Å². The van der Waals surface area contributed by atoms with Crippen molar-refractivity contribution in [3.63, 3.8) is 0 Å². The zero-order chi connectivity index (χ0) is 12.0. The van der Waals surface area contributed by atoms with Crippen LogP contribution in [0.4, 0.5) is 0 Å². The van der Waals surface area contributed by atoms with Crippen LogP contribution in [-0.4, -0.2) is 34.0 Å². The number of carbonyl (C=O) groups excluding carboxylic acids is 1. The van der Waals surface area contributed by atoms with Crippen LogP contribution in [0.2, 0.25) is 0 Å². The van der Waals surface area contributed by atoms with E-state index in [0.717, 1.165) is 18.1 Å². The van der Waals surface area contributed by atoms with E-state index < -0.39 is 11.5 Å². The molecule has 3 unspecified atom stereocenters. The maximum absolute atomic E-state index is 12.0. The normalized spacial score (nSPS) is 40.0. The minimum atomic E-state index is -0.988. The smallest absolute Gasteiger partial charge is 0.330 e. The second kappa shape index (κ2) is 3.90. The fourth-order valence-corrected chi connectivity index (χ4v) is 4.10. The van der Waals surface area contributed by atoms with Gasteiger partial charge in [0.15, 0.2) is 0 Å². The highest BCUT2D eigenvalue weighted by Gasteiger charge is 2.53. The summed E-state index contributed by atoms with van der Waals surface area (Å²) in [7, 11) is 0. The van der Waals surface area contributed by atoms with Gasteiger partial charge in [-0.3, -0.25) is 4.79 Å². The standard InChI is InChI=1S/C12H17NO3S/c14-10(9-5-8(9)7-1-2-7)13-12(11(15)16)3-4-17-6-12/h7-9H,1-6H2,(H,13,14)(H,15,16). The summed E-state index contributed by atoms with van der Waals surface area (Å²) < 4.78 is 0. The number of carbonyl (C=O) groups is 2. The lowest BCUT2D eigenvalue weighted by molar-refractivity contribution is -0.146. The number of carboxylic acids is 1. The second-order valence-electron chi connectivity index (χ2n) is 5.52. The molecule has 17 heavy (non-hydrogen) atoms. The van der Waals surface area contributed by atoms with Crippen molar-refractivity contribution in [1.29, 1.82) is 0 Å². The zero-order valence-corrected chi connectivity index (χ0v) is 10.5. The second-order valence-corrected chi connectivity index (χ2v) is 6.63. The molecule has 0 aromatic heterocycles. The summed E-state index contributed by atoms with van der Waals surface area (Å²) in [5.41, 5.74) is -0.988. The maximum atomic E-state index is 12.0. The van der Waals surface area contributed by atoms with E-state index in [-0.39, 0.29) is 11.8 Å². The highest BCUT2D eigenvalue weighted by molar-refractivity contribution is 7.99. The predicted molar refractivity (Wildman–Crippen MR) is 64.8 cm³/mol. The molecule has 0 aromatic carbocycles. The fraction of sp³-hybridized carbons (Fsp3) is 0.833. The van der Waals surface area contributed by atoms with Gasteiger partial charge in [-0.2, -0.15) is 11.8 Å². The van der Waals surface area contributed by atoms with Crippen molar-refractivity contribution >= 4 is 23.6 Å². The Morgan fingerprint density at radius 3 is 2.65 bits per heavy atom. The van der Waals surface area contributed by atoms with Gasteiger partial charge in [-0.1, -0.05) is 0 Å². The van der Waals surface area contributed by atoms with E-state index in [1.807, 2.05) is 0 Å². The molecular formula is C12H17NO3S. The summed E-state index contributed by atoms with van der Waals surface area (Å²) >= 11 is 1.61. The molecular weight excluding hydrogens is 238 g/mol. The molecule has 5 heteroatoms. The first-order chi connectivity index (χ1) is 8.12. The monoisotopic (exact) mass is 255 g/mol. The first kappa shape index (κ1) is 11.4. The molecule has 3 atom stereocenters. The predicted octanol–water partition coefficient (Wildman–Crippen LogP) is 1.11. The number of carboxylic acid groups (broad SMARTS) is 1. The number of hydrogen-bond donors (Lipinski definition) is 2. The van der Waals surface area contributed by atoms with Gasteiger partial charge in [0, 0.05) is 11.7 Å². The van der Waals surface area contributed by atoms with Gasteiger partial charge in [0.25, 0.3) is 0 Å². The molecule has 94 valence electrons. The molecule has 3 aliphatic rings. The highest BCUT2D eigenvalue weighted by Crippen LogP contribution is 2.54. The van der Waals surface area contributed by atoms with E-state index in [1.54, 1.807) is 11.8 Å². The topological polar surface area (TPSA) is 66.4 Å². The Bertz CT molecular complexity index is 361. The first-order valence-corrected chi connectivity index (χ1v) is 7.41. The van der Waals surface area contributed by atoms with Crippen LogP contribution in [0.15, 0.2) is 0 Å². The molecule has 0 aromatic rings. The van der Waals surface area contributed by atoms with Gasteiger partial charge in [-0.25, -0.2) is 4.79 Å². The van der Waals surface area contributed by atoms with E-state index in [2.05, 4.69) is 5.32 Å². The molecule has 1 amide bonds. The molecule has 2 aliphatic carbocycles. The SMILES string of the molecule is O=C(NC1(C(=O)O)CCSC1)C1CC1C1CC1. The molecule has 0 radical (unpaired) electrons. The Hall–Kier alpha value is -0.710. The average molecular weight is 255 g/mol. The van der Waals surface area contributed by atoms with Crippen LogP contribution >= 0.6 is 11.8 Å². The van der Waals surface area contributed by atoms with Crippen LogP contribution in [0.1, 0.15) is 25.7 Å². The third kappa shape index (κ3) is 2.05. The van der Waals surface area contributed by atoms with E-state index in [0.29, 0.717) is 18.1 Å². The van der Waals surface area contributed by atoms with E-state index >= 15 is 0 Å². The Morgan fingerprint density at radius 2 is 2.12 bits per heavy atom. The van der Waals surface area contributed by atoms with E-state index in [1.165, 1.54) is 12.8 Å². The number of thioether (sulfide) groups is 1. The van der Waals surface area contributed by atoms with Crippen molar-refractivity contribution in [3.8, 4) is 0 Å². The minimum Gasteiger partial charge on any atom is -0.479 e. The number of rotatable bonds is 4. The van der Waals surface area contributed by atoms with Gasteiger partial charge >= 0.3 is 5.97 Å². The van der Waals surface area contributed by atoms with Crippen LogP contribution in [-0.2, 0) is 9.59 Å². The van der Waals surface area contributed by atoms with Crippen molar-refractivity contribution < 1.29 is 14.7 Å². The minimum absolute atomic E-state index is 0.0215. The molecule has 2 N–H and O–H groups in total. The first-order valence-electron chi connectivity index (χ1n) is 6.25. The zero-order valence-electron chi connectivity index (χ0n) is 9.65. The molecule has 2 saturated carbocycles. The maximum Gasteiger partial charge on any atom is 0.330 e. The van der Waals surface area contributed by atoms with Crippen molar-refractivity contribution in [2.45, 2.75) is 31.2 Å². The molecule has 1 heterocycles. The van der Waals surface area contributed by atoms with Gasteiger partial charge < -0.3 is 10.4 Å². The van der Waals surface area contributed by atoms with E-state index in [9.17, 15) is 14.7 Å². The van der Waals surface area contributed by atoms with Gasteiger partial charge in [-0.15, -0.1) is 0 Å². The molecule has 4 nitrogen and oxygen atoms in total. The lowest BCUT2D eigenvalue weighted by atomic mass is 9.98. The molecule has 3 fully saturated rings.